The van der Waals surface area contributed by atoms with Crippen molar-refractivity contribution >= 4 is 0 Å². The van der Waals surface area contributed by atoms with Gasteiger partial charge in [-0.15, -0.1) is 0 Å². The van der Waals surface area contributed by atoms with Crippen molar-refractivity contribution in [3.63, 3.8) is 0 Å². The minimum absolute atomic E-state index is 0. The van der Waals surface area contributed by atoms with Crippen LogP contribution in [0.3, 0.4) is 0 Å². The van der Waals surface area contributed by atoms with Crippen molar-refractivity contribution < 1.29 is 91.0 Å². The first-order chi connectivity index (χ1) is 12.9. The van der Waals surface area contributed by atoms with Crippen LogP contribution in [0.2, 0.25) is 0 Å². The van der Waals surface area contributed by atoms with Crippen LogP contribution in [0.15, 0.2) is 36.0 Å². The third kappa shape index (κ3) is 21.8. The Labute approximate surface area is 209 Å². The molecule has 29 heavy (non-hydrogen) atoms. The number of allylic oxidation sites excluding steroid dienone is 6. The maximum absolute atomic E-state index is 7.50. The number of rotatable bonds is 0. The first-order valence-electron chi connectivity index (χ1n) is 5.72. The van der Waals surface area contributed by atoms with E-state index in [1.807, 2.05) is 0 Å². The fourth-order valence-electron chi connectivity index (χ4n) is 1.99. The van der Waals surface area contributed by atoms with E-state index in [0.717, 1.165) is 6.42 Å². The molecule has 0 aromatic heterocycles. The summed E-state index contributed by atoms with van der Waals surface area (Å²) in [5.74, 6) is 4.31. The zero-order valence-corrected chi connectivity index (χ0v) is 19.4. The van der Waals surface area contributed by atoms with Crippen LogP contribution in [-0.4, -0.2) is 0 Å². The third-order valence-electron chi connectivity index (χ3n) is 2.55. The van der Waals surface area contributed by atoms with Crippen LogP contribution in [0.5, 0.6) is 0 Å². The van der Waals surface area contributed by atoms with Gasteiger partial charge >= 0.3 is 138 Å². The third-order valence-corrected chi connectivity index (χ3v) is 2.55. The van der Waals surface area contributed by atoms with Gasteiger partial charge in [0, 0.05) is 11.8 Å². The summed E-state index contributed by atoms with van der Waals surface area (Å²) in [6.45, 7) is 31.5. The molecule has 0 unspecified atom stereocenters. The molecule has 0 N–H and O–H groups in total. The molecular formula is C19H9O7Ru3+9. The minimum Gasteiger partial charge on any atom is -0.0836 e. The Hall–Kier alpha value is -0.730. The smallest absolute Gasteiger partial charge is 0.0836 e. The van der Waals surface area contributed by atoms with Gasteiger partial charge in [0.25, 0.3) is 0 Å². The molecule has 1 saturated carbocycles. The second kappa shape index (κ2) is 50.7. The van der Waals surface area contributed by atoms with Crippen molar-refractivity contribution in [3.05, 3.63) is 113 Å². The summed E-state index contributed by atoms with van der Waals surface area (Å²) < 4.78 is 52.5. The summed E-state index contributed by atoms with van der Waals surface area (Å²) in [6, 6.07) is 0. The van der Waals surface area contributed by atoms with Gasteiger partial charge in [-0.1, -0.05) is 30.4 Å². The van der Waals surface area contributed by atoms with Crippen LogP contribution in [0.1, 0.15) is 6.42 Å². The summed E-state index contributed by atoms with van der Waals surface area (Å²) in [4.78, 5) is 0. The topological polar surface area (TPSA) is 139 Å². The fourth-order valence-corrected chi connectivity index (χ4v) is 1.99. The Kier molecular flexibility index (Phi) is 89.4. The van der Waals surface area contributed by atoms with Crippen molar-refractivity contribution in [1.29, 1.82) is 0 Å². The first kappa shape index (κ1) is 51.2. The van der Waals surface area contributed by atoms with Gasteiger partial charge in [-0.05, 0) is 30.8 Å². The van der Waals surface area contributed by atoms with Crippen LogP contribution in [0.4, 0.5) is 0 Å². The van der Waals surface area contributed by atoms with Gasteiger partial charge in [0.05, 0.1) is 0 Å². The van der Waals surface area contributed by atoms with Gasteiger partial charge in [0.1, 0.15) is 0 Å². The molecule has 3 rings (SSSR count). The van der Waals surface area contributed by atoms with Crippen molar-refractivity contribution in [2.45, 2.75) is 6.42 Å². The molecular weight excluding hydrogens is 643 g/mol. The van der Waals surface area contributed by atoms with E-state index < -0.39 is 0 Å². The van der Waals surface area contributed by atoms with E-state index in [0.29, 0.717) is 0 Å². The molecule has 0 spiro atoms. The molecule has 0 heterocycles. The molecule has 0 saturated heterocycles. The molecule has 0 atom stereocenters. The van der Waals surface area contributed by atoms with Crippen LogP contribution in [0, 0.1) is 77.1 Å². The van der Waals surface area contributed by atoms with E-state index >= 15 is 0 Å². The average Bonchev–Trinajstić information content (AvgIpc) is 3.23. The average molecular weight is 652 g/mol. The summed E-state index contributed by atoms with van der Waals surface area (Å²) in [7, 11) is 0. The zero-order valence-electron chi connectivity index (χ0n) is 14.2. The molecule has 142 valence electrons. The first-order valence-corrected chi connectivity index (χ1v) is 5.72. The quantitative estimate of drug-likeness (QED) is 0.216. The normalized spacial score (nSPS) is 12.6. The Bertz CT molecular complexity index is 508. The van der Waals surface area contributed by atoms with Gasteiger partial charge in [-0.2, -0.15) is 0 Å². The second-order valence-electron chi connectivity index (χ2n) is 3.28. The molecule has 1 fully saturated rings. The molecule has 0 aromatic carbocycles. The van der Waals surface area contributed by atoms with E-state index in [2.05, 4.69) is 89.8 Å². The fraction of sp³-hybridized carbons (Fsp3) is 0.0526. The second-order valence-corrected chi connectivity index (χ2v) is 3.28. The summed E-state index contributed by atoms with van der Waals surface area (Å²) in [5.41, 5.74) is 1.37. The van der Waals surface area contributed by atoms with Gasteiger partial charge < -0.3 is 0 Å². The van der Waals surface area contributed by atoms with Gasteiger partial charge in [-0.3, -0.25) is 0 Å². The number of hydrogen-bond acceptors (Lipinski definition) is 0. The maximum atomic E-state index is 7.50. The Morgan fingerprint density at radius 2 is 1.00 bits per heavy atom. The van der Waals surface area contributed by atoms with E-state index in [-0.39, 0.29) is 58.4 Å². The van der Waals surface area contributed by atoms with Crippen molar-refractivity contribution in [2.75, 3.05) is 0 Å². The molecule has 3 aliphatic rings. The van der Waals surface area contributed by atoms with Crippen LogP contribution < -0.4 is 0 Å². The molecule has 0 aliphatic heterocycles. The predicted octanol–water partition coefficient (Wildman–Crippen LogP) is 2.32. The van der Waals surface area contributed by atoms with Crippen molar-refractivity contribution in [1.82, 2.24) is 0 Å². The molecule has 0 bridgehead atoms. The zero-order chi connectivity index (χ0) is 22.0. The molecule has 0 aromatic rings. The maximum Gasteiger partial charge on any atom is 3.00 e. The van der Waals surface area contributed by atoms with Crippen LogP contribution >= 0.6 is 0 Å². The monoisotopic (exact) mass is 655 g/mol. The standard InChI is InChI=1S/C12H9.7CO.3Ru/c1-3-9-4-2-6-11-8-7-10(5-1)12(9)11;7*1-2;;;/h1-5,7-8H,6H2;;;;;;;;;;/q;;;;;;;;3*+3. The molecule has 8 radical (unpaired) electrons. The minimum atomic E-state index is 0. The summed E-state index contributed by atoms with van der Waals surface area (Å²) in [5, 5.41) is 0. The molecule has 10 heteroatoms. The van der Waals surface area contributed by atoms with Gasteiger partial charge in [-0.25, -0.2) is 0 Å². The van der Waals surface area contributed by atoms with Crippen molar-refractivity contribution in [3.8, 4) is 0 Å². The summed E-state index contributed by atoms with van der Waals surface area (Å²) >= 11 is 0. The van der Waals surface area contributed by atoms with Gasteiger partial charge in [0.2, 0.25) is 0 Å². The van der Waals surface area contributed by atoms with Crippen LogP contribution in [0.25, 0.3) is 0 Å². The Morgan fingerprint density at radius 1 is 0.586 bits per heavy atom. The molecule has 0 amide bonds. The summed E-state index contributed by atoms with van der Waals surface area (Å²) in [6.07, 6.45) is 16.5. The van der Waals surface area contributed by atoms with Gasteiger partial charge in [0.15, 0.2) is 0 Å². The Morgan fingerprint density at radius 3 is 1.41 bits per heavy atom. The van der Waals surface area contributed by atoms with E-state index in [1.54, 1.807) is 0 Å². The Balaban J connectivity index is -0.0000000379. The van der Waals surface area contributed by atoms with Crippen molar-refractivity contribution in [2.24, 2.45) is 0 Å². The van der Waals surface area contributed by atoms with Crippen LogP contribution in [-0.2, 0) is 91.0 Å². The van der Waals surface area contributed by atoms with E-state index in [9.17, 15) is 0 Å². The largest absolute Gasteiger partial charge is 3.00 e. The predicted molar refractivity (Wildman–Crippen MR) is 76.8 cm³/mol. The van der Waals surface area contributed by atoms with E-state index in [1.165, 1.54) is 23.3 Å². The SMILES string of the molecule is [C-]#[O+].[C-]#[O+].[C-]#[O+].[C-]#[O+].[C-]#[O+].[C-]#[O+].[C-]#[O+].[CH]1[CH][C]2CC=CC3=CC=C[C]1[C]23.[Ru+3].[Ru+3].[Ru+3]. The molecule has 7 nitrogen and oxygen atoms in total. The van der Waals surface area contributed by atoms with E-state index in [4.69, 9.17) is 32.6 Å². The molecule has 3 aliphatic carbocycles. The number of hydrogen-bond donors (Lipinski definition) is 0.